The molecule has 0 spiro atoms. The highest BCUT2D eigenvalue weighted by Crippen LogP contribution is 2.06. The minimum absolute atomic E-state index is 0.0113. The first-order valence-electron chi connectivity index (χ1n) is 5.55. The molecule has 0 aromatic carbocycles. The number of esters is 1. The van der Waals surface area contributed by atoms with E-state index in [9.17, 15) is 9.59 Å². The minimum atomic E-state index is -1.07. The second-order valence-corrected chi connectivity index (χ2v) is 3.42. The number of rotatable bonds is 7. The number of nitrogens with zero attached hydrogens (tertiary/aromatic N) is 1. The Kier molecular flexibility index (Phi) is 5.79. The maximum Gasteiger partial charge on any atom is 0.354 e. The summed E-state index contributed by atoms with van der Waals surface area (Å²) in [6.45, 7) is 2.14. The molecule has 1 N–H and O–H groups in total. The zero-order valence-corrected chi connectivity index (χ0v) is 10.1. The van der Waals surface area contributed by atoms with Crippen LogP contribution in [0.15, 0.2) is 18.3 Å². The largest absolute Gasteiger partial charge is 0.477 e. The predicted molar refractivity (Wildman–Crippen MR) is 62.4 cm³/mol. The average molecular weight is 253 g/mol. The summed E-state index contributed by atoms with van der Waals surface area (Å²) in [6.07, 6.45) is 1.81. The van der Waals surface area contributed by atoms with E-state index in [2.05, 4.69) is 9.72 Å². The van der Waals surface area contributed by atoms with Crippen molar-refractivity contribution in [1.29, 1.82) is 0 Å². The molecule has 1 aromatic heterocycles. The molecule has 98 valence electrons. The van der Waals surface area contributed by atoms with Crippen LogP contribution in [0.5, 0.6) is 0 Å². The van der Waals surface area contributed by atoms with Crippen LogP contribution in [0.25, 0.3) is 0 Å². The number of hydrogen-bond acceptors (Lipinski definition) is 5. The molecule has 0 atom stereocenters. The first-order chi connectivity index (χ1) is 8.65. The van der Waals surface area contributed by atoms with Crippen LogP contribution in [0.2, 0.25) is 0 Å². The minimum Gasteiger partial charge on any atom is -0.477 e. The molecule has 0 bridgehead atoms. The van der Waals surface area contributed by atoms with Gasteiger partial charge in [-0.3, -0.25) is 0 Å². The SMILES string of the molecule is CCOC(=O)COCCc1cccnc1C(=O)O. The molecule has 1 aromatic rings. The van der Waals surface area contributed by atoms with E-state index < -0.39 is 11.9 Å². The van der Waals surface area contributed by atoms with Gasteiger partial charge in [0.05, 0.1) is 13.2 Å². The van der Waals surface area contributed by atoms with Gasteiger partial charge in [0.2, 0.25) is 0 Å². The lowest BCUT2D eigenvalue weighted by Gasteiger charge is -2.06. The molecule has 0 aliphatic heterocycles. The van der Waals surface area contributed by atoms with Gasteiger partial charge >= 0.3 is 11.9 Å². The van der Waals surface area contributed by atoms with Crippen molar-refractivity contribution < 1.29 is 24.2 Å². The monoisotopic (exact) mass is 253 g/mol. The van der Waals surface area contributed by atoms with E-state index in [0.29, 0.717) is 18.6 Å². The van der Waals surface area contributed by atoms with Crippen LogP contribution < -0.4 is 0 Å². The zero-order valence-electron chi connectivity index (χ0n) is 10.1. The third kappa shape index (κ3) is 4.50. The quantitative estimate of drug-likeness (QED) is 0.574. The average Bonchev–Trinajstić information content (AvgIpc) is 2.35. The second kappa shape index (κ2) is 7.39. The normalized spacial score (nSPS) is 10.1. The molecule has 1 rings (SSSR count). The van der Waals surface area contributed by atoms with Gasteiger partial charge in [0.1, 0.15) is 6.61 Å². The van der Waals surface area contributed by atoms with E-state index in [1.54, 1.807) is 19.1 Å². The van der Waals surface area contributed by atoms with E-state index in [-0.39, 0.29) is 18.9 Å². The van der Waals surface area contributed by atoms with Crippen molar-refractivity contribution in [2.75, 3.05) is 19.8 Å². The number of carbonyl (C=O) groups excluding carboxylic acids is 1. The maximum atomic E-state index is 11.0. The van der Waals surface area contributed by atoms with Crippen LogP contribution >= 0.6 is 0 Å². The van der Waals surface area contributed by atoms with Crippen molar-refractivity contribution in [3.05, 3.63) is 29.6 Å². The predicted octanol–water partition coefficient (Wildman–Crippen LogP) is 0.902. The second-order valence-electron chi connectivity index (χ2n) is 3.42. The van der Waals surface area contributed by atoms with Crippen LogP contribution in [0, 0.1) is 0 Å². The molecule has 0 aliphatic rings. The number of carboxylic acids is 1. The molecule has 0 amide bonds. The van der Waals surface area contributed by atoms with E-state index in [0.717, 1.165) is 0 Å². The third-order valence-corrected chi connectivity index (χ3v) is 2.13. The summed E-state index contributed by atoms with van der Waals surface area (Å²) < 4.78 is 9.78. The summed E-state index contributed by atoms with van der Waals surface area (Å²) >= 11 is 0. The lowest BCUT2D eigenvalue weighted by Crippen LogP contribution is -2.14. The molecule has 0 saturated heterocycles. The third-order valence-electron chi connectivity index (χ3n) is 2.13. The van der Waals surface area contributed by atoms with Gasteiger partial charge in [-0.25, -0.2) is 14.6 Å². The van der Waals surface area contributed by atoms with Gasteiger partial charge in [-0.2, -0.15) is 0 Å². The van der Waals surface area contributed by atoms with E-state index >= 15 is 0 Å². The van der Waals surface area contributed by atoms with Gasteiger partial charge in [-0.05, 0) is 25.0 Å². The Balaban J connectivity index is 2.40. The standard InChI is InChI=1S/C12H15NO5/c1-2-18-10(14)8-17-7-5-9-4-3-6-13-11(9)12(15)16/h3-4,6H,2,5,7-8H2,1H3,(H,15,16). The lowest BCUT2D eigenvalue weighted by molar-refractivity contribution is -0.148. The Morgan fingerprint density at radius 1 is 1.44 bits per heavy atom. The Bertz CT molecular complexity index is 419. The summed E-state index contributed by atoms with van der Waals surface area (Å²) in [5.41, 5.74) is 0.589. The van der Waals surface area contributed by atoms with Gasteiger partial charge < -0.3 is 14.6 Å². The molecule has 0 saturated carbocycles. The highest BCUT2D eigenvalue weighted by Gasteiger charge is 2.10. The van der Waals surface area contributed by atoms with Crippen LogP contribution in [0.4, 0.5) is 0 Å². The number of aromatic nitrogens is 1. The van der Waals surface area contributed by atoms with Crippen molar-refractivity contribution in [3.63, 3.8) is 0 Å². The van der Waals surface area contributed by atoms with Crippen molar-refractivity contribution >= 4 is 11.9 Å². The number of pyridine rings is 1. The Morgan fingerprint density at radius 2 is 2.22 bits per heavy atom. The molecular weight excluding hydrogens is 238 g/mol. The Labute approximate surface area is 105 Å². The van der Waals surface area contributed by atoms with Crippen molar-refractivity contribution in [3.8, 4) is 0 Å². The summed E-state index contributed by atoms with van der Waals surface area (Å²) in [7, 11) is 0. The molecule has 6 heteroatoms. The van der Waals surface area contributed by atoms with E-state index in [1.165, 1.54) is 6.20 Å². The fourth-order valence-corrected chi connectivity index (χ4v) is 1.37. The molecule has 0 aliphatic carbocycles. The topological polar surface area (TPSA) is 85.7 Å². The highest BCUT2D eigenvalue weighted by molar-refractivity contribution is 5.86. The molecule has 18 heavy (non-hydrogen) atoms. The molecule has 0 unspecified atom stereocenters. The van der Waals surface area contributed by atoms with Gasteiger partial charge in [-0.15, -0.1) is 0 Å². The smallest absolute Gasteiger partial charge is 0.354 e. The van der Waals surface area contributed by atoms with Crippen LogP contribution in [0.1, 0.15) is 23.0 Å². The number of aromatic carboxylic acids is 1. The van der Waals surface area contributed by atoms with Gasteiger partial charge in [-0.1, -0.05) is 6.07 Å². The Morgan fingerprint density at radius 3 is 2.89 bits per heavy atom. The fourth-order valence-electron chi connectivity index (χ4n) is 1.37. The molecule has 0 fully saturated rings. The van der Waals surface area contributed by atoms with Crippen LogP contribution in [-0.2, 0) is 20.7 Å². The summed E-state index contributed by atoms with van der Waals surface area (Å²) in [4.78, 5) is 25.6. The first kappa shape index (κ1) is 14.1. The van der Waals surface area contributed by atoms with Crippen molar-refractivity contribution in [1.82, 2.24) is 4.98 Å². The number of hydrogen-bond donors (Lipinski definition) is 1. The van der Waals surface area contributed by atoms with E-state index in [4.69, 9.17) is 9.84 Å². The molecule has 0 radical (unpaired) electrons. The summed E-state index contributed by atoms with van der Waals surface area (Å²) in [5, 5.41) is 8.90. The highest BCUT2D eigenvalue weighted by atomic mass is 16.6. The van der Waals surface area contributed by atoms with Crippen LogP contribution in [-0.4, -0.2) is 41.8 Å². The van der Waals surface area contributed by atoms with Gasteiger partial charge in [0.15, 0.2) is 5.69 Å². The fraction of sp³-hybridized carbons (Fsp3) is 0.417. The van der Waals surface area contributed by atoms with Crippen LogP contribution in [0.3, 0.4) is 0 Å². The lowest BCUT2D eigenvalue weighted by atomic mass is 10.1. The van der Waals surface area contributed by atoms with E-state index in [1.807, 2.05) is 0 Å². The Hall–Kier alpha value is -1.95. The molecule has 1 heterocycles. The molecular formula is C12H15NO5. The first-order valence-corrected chi connectivity index (χ1v) is 5.55. The van der Waals surface area contributed by atoms with Crippen molar-refractivity contribution in [2.24, 2.45) is 0 Å². The van der Waals surface area contributed by atoms with Gasteiger partial charge in [0, 0.05) is 6.20 Å². The zero-order chi connectivity index (χ0) is 13.4. The summed E-state index contributed by atoms with van der Waals surface area (Å²) in [5.74, 6) is -1.50. The molecule has 6 nitrogen and oxygen atoms in total. The number of carboxylic acid groups (broad SMARTS) is 1. The summed E-state index contributed by atoms with van der Waals surface area (Å²) in [6, 6.07) is 3.33. The van der Waals surface area contributed by atoms with Crippen molar-refractivity contribution in [2.45, 2.75) is 13.3 Å². The maximum absolute atomic E-state index is 11.0. The van der Waals surface area contributed by atoms with Gasteiger partial charge in [0.25, 0.3) is 0 Å². The number of carbonyl (C=O) groups is 2. The number of ether oxygens (including phenoxy) is 2.